The minimum atomic E-state index is -1.02. The van der Waals surface area contributed by atoms with Crippen LogP contribution in [-0.2, 0) is 16.1 Å². The molecule has 0 saturated carbocycles. The van der Waals surface area contributed by atoms with Crippen LogP contribution in [0, 0.1) is 0 Å². The number of nitrogens with zero attached hydrogens (tertiary/aromatic N) is 4. The summed E-state index contributed by atoms with van der Waals surface area (Å²) in [4.78, 5) is 38.1. The normalized spacial score (nSPS) is 14.3. The zero-order valence-corrected chi connectivity index (χ0v) is 16.2. The van der Waals surface area contributed by atoms with Crippen molar-refractivity contribution in [3.8, 4) is 0 Å². The molecule has 0 radical (unpaired) electrons. The van der Waals surface area contributed by atoms with Gasteiger partial charge in [0.15, 0.2) is 5.65 Å². The molecule has 3 N–H and O–H groups in total. The van der Waals surface area contributed by atoms with Gasteiger partial charge in [0.2, 0.25) is 5.91 Å². The average Bonchev–Trinajstić information content (AvgIpc) is 3.05. The van der Waals surface area contributed by atoms with Crippen LogP contribution in [0.3, 0.4) is 0 Å². The first-order chi connectivity index (χ1) is 13.2. The van der Waals surface area contributed by atoms with Gasteiger partial charge in [-0.3, -0.25) is 9.59 Å². The van der Waals surface area contributed by atoms with Gasteiger partial charge in [-0.25, -0.2) is 14.5 Å². The molecular weight excluding hydrogens is 366 g/mol. The third-order valence-corrected chi connectivity index (χ3v) is 4.48. The van der Waals surface area contributed by atoms with Gasteiger partial charge in [-0.1, -0.05) is 0 Å². The number of anilines is 1. The van der Waals surface area contributed by atoms with Crippen LogP contribution in [0.15, 0.2) is 12.4 Å². The van der Waals surface area contributed by atoms with E-state index < -0.39 is 11.9 Å². The topological polar surface area (TPSA) is 138 Å². The van der Waals surface area contributed by atoms with E-state index in [1.54, 1.807) is 17.8 Å². The number of aliphatic carboxylic acids is 1. The molecule has 3 heterocycles. The quantitative estimate of drug-likeness (QED) is 0.715. The first kappa shape index (κ1) is 21.1. The number of nitrogens with one attached hydrogen (secondary N) is 1. The highest BCUT2D eigenvalue weighted by molar-refractivity contribution is 6.03. The summed E-state index contributed by atoms with van der Waals surface area (Å²) in [5.41, 5.74) is 1.38. The molecule has 2 aromatic heterocycles. The molecule has 0 atom stereocenters. The molecule has 10 heteroatoms. The van der Waals surface area contributed by atoms with Gasteiger partial charge in [0.25, 0.3) is 5.97 Å². The molecule has 1 saturated heterocycles. The largest absolute Gasteiger partial charge is 0.481 e. The Bertz CT molecular complexity index is 867. The molecule has 3 rings (SSSR count). The summed E-state index contributed by atoms with van der Waals surface area (Å²) in [6.45, 7) is 6.64. The third-order valence-electron chi connectivity index (χ3n) is 4.48. The van der Waals surface area contributed by atoms with Gasteiger partial charge in [-0.05, 0) is 19.8 Å². The first-order valence-corrected chi connectivity index (χ1v) is 9.04. The molecule has 10 nitrogen and oxygen atoms in total. The fraction of sp³-hybridized carbons (Fsp3) is 0.500. The number of aromatic carboxylic acids is 1. The van der Waals surface area contributed by atoms with Crippen LogP contribution in [-0.4, -0.2) is 66.9 Å². The fourth-order valence-corrected chi connectivity index (χ4v) is 3.12. The van der Waals surface area contributed by atoms with Gasteiger partial charge < -0.3 is 20.4 Å². The van der Waals surface area contributed by atoms with Gasteiger partial charge >= 0.3 is 5.97 Å². The van der Waals surface area contributed by atoms with Gasteiger partial charge in [0.05, 0.1) is 17.3 Å². The molecule has 28 heavy (non-hydrogen) atoms. The fourth-order valence-electron chi connectivity index (χ4n) is 3.12. The van der Waals surface area contributed by atoms with E-state index in [-0.39, 0.29) is 17.5 Å². The Labute approximate surface area is 162 Å². The van der Waals surface area contributed by atoms with Crippen LogP contribution in [0.4, 0.5) is 5.69 Å². The Balaban J connectivity index is 0.000000640. The zero-order valence-electron chi connectivity index (χ0n) is 16.2. The number of amides is 1. The second-order valence-electron chi connectivity index (χ2n) is 6.49. The summed E-state index contributed by atoms with van der Waals surface area (Å²) < 4.78 is 1.74. The number of hydrogen-bond acceptors (Lipinski definition) is 6. The van der Waals surface area contributed by atoms with Crippen molar-refractivity contribution in [2.45, 2.75) is 46.2 Å². The monoisotopic (exact) mass is 391 g/mol. The van der Waals surface area contributed by atoms with Crippen molar-refractivity contribution < 1.29 is 24.6 Å². The Kier molecular flexibility index (Phi) is 6.91. The van der Waals surface area contributed by atoms with E-state index in [0.29, 0.717) is 36.4 Å². The van der Waals surface area contributed by atoms with E-state index in [4.69, 9.17) is 9.90 Å². The van der Waals surface area contributed by atoms with E-state index in [0.717, 1.165) is 19.8 Å². The highest BCUT2D eigenvalue weighted by atomic mass is 16.4. The minimum Gasteiger partial charge on any atom is -0.481 e. The molecule has 1 aliphatic rings. The molecule has 0 aliphatic carbocycles. The number of aryl methyl sites for hydroxylation is 1. The Morgan fingerprint density at radius 3 is 2.29 bits per heavy atom. The molecular formula is C18H25N5O5. The lowest BCUT2D eigenvalue weighted by Crippen LogP contribution is -2.41. The van der Waals surface area contributed by atoms with E-state index in [9.17, 15) is 14.7 Å². The van der Waals surface area contributed by atoms with Gasteiger partial charge in [-0.15, -0.1) is 0 Å². The number of likely N-dealkylation sites (tertiary alicyclic amines) is 1. The highest BCUT2D eigenvalue weighted by Gasteiger charge is 2.24. The van der Waals surface area contributed by atoms with Gasteiger partial charge in [-0.2, -0.15) is 5.10 Å². The van der Waals surface area contributed by atoms with Crippen LogP contribution >= 0.6 is 0 Å². The predicted octanol–water partition coefficient (Wildman–Crippen LogP) is 1.66. The number of fused-ring (bicyclic) bond motifs is 1. The maximum atomic E-state index is 11.6. The average molecular weight is 391 g/mol. The van der Waals surface area contributed by atoms with Crippen molar-refractivity contribution in [2.75, 3.05) is 18.4 Å². The smallest absolute Gasteiger partial charge is 0.339 e. The lowest BCUT2D eigenvalue weighted by molar-refractivity contribution is -0.134. The van der Waals surface area contributed by atoms with Gasteiger partial charge in [0, 0.05) is 45.7 Å². The number of carboxylic acid groups (broad SMARTS) is 2. The number of pyridine rings is 1. The number of aromatic nitrogens is 3. The maximum absolute atomic E-state index is 11.6. The first-order valence-electron chi connectivity index (χ1n) is 9.04. The minimum absolute atomic E-state index is 0.0789. The summed E-state index contributed by atoms with van der Waals surface area (Å²) in [5.74, 6) is -1.77. The van der Waals surface area contributed by atoms with E-state index in [1.807, 2.05) is 11.8 Å². The van der Waals surface area contributed by atoms with E-state index in [2.05, 4.69) is 15.4 Å². The maximum Gasteiger partial charge on any atom is 0.339 e. The Morgan fingerprint density at radius 2 is 1.79 bits per heavy atom. The number of rotatable bonds is 4. The molecule has 0 unspecified atom stereocenters. The predicted molar refractivity (Wildman–Crippen MR) is 102 cm³/mol. The second-order valence-corrected chi connectivity index (χ2v) is 6.49. The van der Waals surface area contributed by atoms with Crippen LogP contribution in [0.2, 0.25) is 0 Å². The number of hydrogen-bond donors (Lipinski definition) is 3. The molecule has 1 aliphatic heterocycles. The van der Waals surface area contributed by atoms with E-state index >= 15 is 0 Å². The number of carbonyl (C=O) groups is 3. The SMILES string of the molecule is CC(=O)O.CCn1ncc2c(NC3CCN(C(C)=O)CC3)c(C(=O)O)cnc21. The van der Waals surface area contributed by atoms with Gasteiger partial charge in [0.1, 0.15) is 5.56 Å². The van der Waals surface area contributed by atoms with Crippen molar-refractivity contribution in [3.63, 3.8) is 0 Å². The van der Waals surface area contributed by atoms with Crippen LogP contribution < -0.4 is 5.32 Å². The lowest BCUT2D eigenvalue weighted by atomic mass is 10.0. The molecule has 1 fully saturated rings. The van der Waals surface area contributed by atoms with Crippen LogP contribution in [0.25, 0.3) is 11.0 Å². The Morgan fingerprint density at radius 1 is 1.18 bits per heavy atom. The zero-order chi connectivity index (χ0) is 20.8. The van der Waals surface area contributed by atoms with Crippen LogP contribution in [0.1, 0.15) is 44.0 Å². The summed E-state index contributed by atoms with van der Waals surface area (Å²) >= 11 is 0. The second kappa shape index (κ2) is 9.16. The number of carboxylic acids is 2. The Hall–Kier alpha value is -3.17. The van der Waals surface area contributed by atoms with Crippen molar-refractivity contribution in [1.82, 2.24) is 19.7 Å². The van der Waals surface area contributed by atoms with Crippen LogP contribution in [0.5, 0.6) is 0 Å². The molecule has 1 amide bonds. The van der Waals surface area contributed by atoms with Crippen molar-refractivity contribution >= 4 is 34.6 Å². The lowest BCUT2D eigenvalue weighted by Gasteiger charge is -2.32. The molecule has 2 aromatic rings. The summed E-state index contributed by atoms with van der Waals surface area (Å²) in [5, 5.41) is 25.2. The van der Waals surface area contributed by atoms with E-state index in [1.165, 1.54) is 6.20 Å². The summed E-state index contributed by atoms with van der Waals surface area (Å²) in [6.07, 6.45) is 4.60. The molecule has 0 aromatic carbocycles. The van der Waals surface area contributed by atoms with Crippen molar-refractivity contribution in [3.05, 3.63) is 18.0 Å². The third kappa shape index (κ3) is 4.96. The number of carbonyl (C=O) groups excluding carboxylic acids is 1. The standard InChI is InChI=1S/C16H21N5O3.C2H4O2/c1-3-21-15-12(9-18-21)14(13(8-17-15)16(23)24)19-11-4-6-20(7-5-11)10(2)22;1-2(3)4/h8-9,11H,3-7H2,1-2H3,(H,17,19)(H,23,24);1H3,(H,3,4). The number of piperidine rings is 1. The molecule has 0 spiro atoms. The summed E-state index contributed by atoms with van der Waals surface area (Å²) in [7, 11) is 0. The molecule has 0 bridgehead atoms. The molecule has 152 valence electrons. The van der Waals surface area contributed by atoms with Crippen molar-refractivity contribution in [1.29, 1.82) is 0 Å². The highest BCUT2D eigenvalue weighted by Crippen LogP contribution is 2.28. The summed E-state index contributed by atoms with van der Waals surface area (Å²) in [6, 6.07) is 0.120. The van der Waals surface area contributed by atoms with Crippen molar-refractivity contribution in [2.24, 2.45) is 0 Å².